The molecule has 1 heterocycles. The number of ether oxygens (including phenoxy) is 2. The van der Waals surface area contributed by atoms with Gasteiger partial charge in [-0.3, -0.25) is 0 Å². The minimum Gasteiger partial charge on any atom is -0.464 e. The van der Waals surface area contributed by atoms with Crippen molar-refractivity contribution >= 4 is 5.97 Å². The summed E-state index contributed by atoms with van der Waals surface area (Å²) in [6, 6.07) is 7.88. The highest BCUT2D eigenvalue weighted by Crippen LogP contribution is 2.33. The van der Waals surface area contributed by atoms with E-state index in [1.807, 2.05) is 24.3 Å². The van der Waals surface area contributed by atoms with Crippen LogP contribution in [-0.4, -0.2) is 19.2 Å². The van der Waals surface area contributed by atoms with Gasteiger partial charge in [0.25, 0.3) is 0 Å². The Bertz CT molecular complexity index is 400. The van der Waals surface area contributed by atoms with Crippen LogP contribution in [0.1, 0.15) is 25.0 Å². The molecule has 0 saturated heterocycles. The number of hydrogen-bond acceptors (Lipinski definition) is 3. The van der Waals surface area contributed by atoms with Crippen LogP contribution < -0.4 is 0 Å². The Morgan fingerprint density at radius 3 is 3.00 bits per heavy atom. The van der Waals surface area contributed by atoms with E-state index in [1.54, 1.807) is 13.8 Å². The Morgan fingerprint density at radius 1 is 1.50 bits per heavy atom. The Kier molecular flexibility index (Phi) is 2.97. The van der Waals surface area contributed by atoms with Gasteiger partial charge in [-0.05, 0) is 31.4 Å². The fourth-order valence-electron chi connectivity index (χ4n) is 2.08. The third-order valence-corrected chi connectivity index (χ3v) is 2.96. The molecule has 3 heteroatoms. The molecule has 2 rings (SSSR count). The lowest BCUT2D eigenvalue weighted by Gasteiger charge is -2.33. The molecular formula is C13H16O3. The number of carbonyl (C=O) groups is 1. The Hall–Kier alpha value is -1.35. The van der Waals surface area contributed by atoms with Crippen LogP contribution in [0.5, 0.6) is 0 Å². The van der Waals surface area contributed by atoms with Gasteiger partial charge in [0.15, 0.2) is 5.60 Å². The first-order valence-corrected chi connectivity index (χ1v) is 5.58. The topological polar surface area (TPSA) is 35.5 Å². The van der Waals surface area contributed by atoms with Crippen LogP contribution in [0.3, 0.4) is 0 Å². The fraction of sp³-hybridized carbons (Fsp3) is 0.462. The van der Waals surface area contributed by atoms with Gasteiger partial charge in [-0.15, -0.1) is 0 Å². The number of fused-ring (bicyclic) bond motifs is 1. The van der Waals surface area contributed by atoms with E-state index in [1.165, 1.54) is 5.56 Å². The second-order valence-electron chi connectivity index (χ2n) is 4.01. The van der Waals surface area contributed by atoms with Gasteiger partial charge in [0.2, 0.25) is 0 Å². The van der Waals surface area contributed by atoms with Crippen molar-refractivity contribution < 1.29 is 14.3 Å². The highest BCUT2D eigenvalue weighted by atomic mass is 16.6. The zero-order chi connectivity index (χ0) is 11.6. The predicted octanol–water partition coefficient (Wildman–Crippen LogP) is 2.04. The van der Waals surface area contributed by atoms with Crippen molar-refractivity contribution in [1.29, 1.82) is 0 Å². The van der Waals surface area contributed by atoms with E-state index < -0.39 is 5.60 Å². The first kappa shape index (κ1) is 11.1. The van der Waals surface area contributed by atoms with Crippen LogP contribution in [-0.2, 0) is 26.3 Å². The van der Waals surface area contributed by atoms with Gasteiger partial charge in [0.1, 0.15) is 0 Å². The molecule has 0 bridgehead atoms. The first-order chi connectivity index (χ1) is 7.68. The monoisotopic (exact) mass is 220 g/mol. The summed E-state index contributed by atoms with van der Waals surface area (Å²) in [5, 5.41) is 0. The van der Waals surface area contributed by atoms with Crippen LogP contribution in [0.4, 0.5) is 0 Å². The Labute approximate surface area is 95.4 Å². The molecule has 1 aromatic rings. The largest absolute Gasteiger partial charge is 0.464 e. The van der Waals surface area contributed by atoms with E-state index in [2.05, 4.69) is 0 Å². The molecule has 0 saturated carbocycles. The summed E-state index contributed by atoms with van der Waals surface area (Å²) in [6.07, 6.45) is 0.852. The molecule has 0 spiro atoms. The van der Waals surface area contributed by atoms with Crippen molar-refractivity contribution in [1.82, 2.24) is 0 Å². The molecule has 1 aliphatic heterocycles. The molecule has 1 atom stereocenters. The predicted molar refractivity (Wildman–Crippen MR) is 60.1 cm³/mol. The summed E-state index contributed by atoms with van der Waals surface area (Å²) >= 11 is 0. The average molecular weight is 220 g/mol. The SMILES string of the molecule is CCOC(=O)C1(C)OCCc2ccccc21. The molecule has 0 fully saturated rings. The molecule has 0 N–H and O–H groups in total. The molecule has 0 aliphatic carbocycles. The van der Waals surface area contributed by atoms with Crippen LogP contribution in [0.15, 0.2) is 24.3 Å². The summed E-state index contributed by atoms with van der Waals surface area (Å²) in [5.41, 5.74) is 1.16. The quantitative estimate of drug-likeness (QED) is 0.715. The molecule has 16 heavy (non-hydrogen) atoms. The van der Waals surface area contributed by atoms with Crippen molar-refractivity contribution in [2.45, 2.75) is 25.9 Å². The van der Waals surface area contributed by atoms with Gasteiger partial charge in [-0.25, -0.2) is 4.79 Å². The van der Waals surface area contributed by atoms with E-state index in [9.17, 15) is 4.79 Å². The minimum absolute atomic E-state index is 0.304. The molecule has 86 valence electrons. The molecule has 1 unspecified atom stereocenters. The van der Waals surface area contributed by atoms with E-state index in [-0.39, 0.29) is 5.97 Å². The smallest absolute Gasteiger partial charge is 0.342 e. The lowest BCUT2D eigenvalue weighted by Crippen LogP contribution is -2.41. The maximum atomic E-state index is 11.9. The first-order valence-electron chi connectivity index (χ1n) is 5.58. The zero-order valence-electron chi connectivity index (χ0n) is 9.66. The van der Waals surface area contributed by atoms with Gasteiger partial charge in [0, 0.05) is 0 Å². The van der Waals surface area contributed by atoms with E-state index >= 15 is 0 Å². The summed E-state index contributed by atoms with van der Waals surface area (Å²) in [7, 11) is 0. The van der Waals surface area contributed by atoms with Crippen LogP contribution in [0.25, 0.3) is 0 Å². The van der Waals surface area contributed by atoms with Crippen molar-refractivity contribution in [3.8, 4) is 0 Å². The van der Waals surface area contributed by atoms with Crippen LogP contribution in [0, 0.1) is 0 Å². The number of benzene rings is 1. The Balaban J connectivity index is 2.40. The minimum atomic E-state index is -0.940. The van der Waals surface area contributed by atoms with Crippen molar-refractivity contribution in [2.24, 2.45) is 0 Å². The summed E-state index contributed by atoms with van der Waals surface area (Å²) in [5.74, 6) is -0.304. The third kappa shape index (κ3) is 1.71. The highest BCUT2D eigenvalue weighted by molar-refractivity contribution is 5.81. The summed E-state index contributed by atoms with van der Waals surface area (Å²) in [6.45, 7) is 4.52. The second kappa shape index (κ2) is 4.26. The number of rotatable bonds is 2. The van der Waals surface area contributed by atoms with Gasteiger partial charge >= 0.3 is 5.97 Å². The second-order valence-corrected chi connectivity index (χ2v) is 4.01. The van der Waals surface area contributed by atoms with Crippen LogP contribution in [0.2, 0.25) is 0 Å². The standard InChI is InChI=1S/C13H16O3/c1-3-15-12(14)13(2)11-7-5-4-6-10(11)8-9-16-13/h4-7H,3,8-9H2,1-2H3. The molecule has 1 aromatic carbocycles. The maximum absolute atomic E-state index is 11.9. The van der Waals surface area contributed by atoms with Gasteiger partial charge in [-0.1, -0.05) is 24.3 Å². The summed E-state index contributed by atoms with van der Waals surface area (Å²) in [4.78, 5) is 11.9. The van der Waals surface area contributed by atoms with Crippen molar-refractivity contribution in [2.75, 3.05) is 13.2 Å². The van der Waals surface area contributed by atoms with Crippen molar-refractivity contribution in [3.63, 3.8) is 0 Å². The number of carbonyl (C=O) groups excluding carboxylic acids is 1. The maximum Gasteiger partial charge on any atom is 0.342 e. The van der Waals surface area contributed by atoms with E-state index in [0.717, 1.165) is 12.0 Å². The third-order valence-electron chi connectivity index (χ3n) is 2.96. The molecule has 0 aromatic heterocycles. The molecule has 1 aliphatic rings. The van der Waals surface area contributed by atoms with Gasteiger partial charge in [0.05, 0.1) is 13.2 Å². The average Bonchev–Trinajstić information content (AvgIpc) is 2.30. The lowest BCUT2D eigenvalue weighted by atomic mass is 9.88. The van der Waals surface area contributed by atoms with E-state index in [4.69, 9.17) is 9.47 Å². The van der Waals surface area contributed by atoms with Gasteiger partial charge < -0.3 is 9.47 Å². The number of hydrogen-bond donors (Lipinski definition) is 0. The molecule has 0 amide bonds. The Morgan fingerprint density at radius 2 is 2.25 bits per heavy atom. The zero-order valence-corrected chi connectivity index (χ0v) is 9.66. The normalized spacial score (nSPS) is 23.6. The van der Waals surface area contributed by atoms with E-state index in [0.29, 0.717) is 13.2 Å². The van der Waals surface area contributed by atoms with Crippen LogP contribution >= 0.6 is 0 Å². The fourth-order valence-corrected chi connectivity index (χ4v) is 2.08. The molecule has 3 nitrogen and oxygen atoms in total. The van der Waals surface area contributed by atoms with Gasteiger partial charge in [-0.2, -0.15) is 0 Å². The summed E-state index contributed by atoms with van der Waals surface area (Å²) < 4.78 is 10.7. The lowest BCUT2D eigenvalue weighted by molar-refractivity contribution is -0.173. The highest BCUT2D eigenvalue weighted by Gasteiger charge is 2.41. The van der Waals surface area contributed by atoms with Crippen molar-refractivity contribution in [3.05, 3.63) is 35.4 Å². The molecule has 0 radical (unpaired) electrons. The number of esters is 1. The molecular weight excluding hydrogens is 204 g/mol.